The van der Waals surface area contributed by atoms with Crippen molar-refractivity contribution < 1.29 is 41.2 Å². The number of Topliss-reactive ketones (excluding diaryl/α,β-unsaturated/α-hetero) is 2. The van der Waals surface area contributed by atoms with Gasteiger partial charge in [0.25, 0.3) is 0 Å². The largest absolute Gasteiger partial charge is 0.334 e. The van der Waals surface area contributed by atoms with Crippen LogP contribution >= 0.6 is 15.2 Å². The van der Waals surface area contributed by atoms with Crippen molar-refractivity contribution in [2.24, 2.45) is 32.5 Å². The van der Waals surface area contributed by atoms with Crippen LogP contribution in [0, 0.1) is 32.5 Å². The third kappa shape index (κ3) is 6.60. The topological polar surface area (TPSA) is 104 Å². The number of pyridine rings is 2. The van der Waals surface area contributed by atoms with Crippen LogP contribution in [-0.4, -0.2) is 38.1 Å². The van der Waals surface area contributed by atoms with Gasteiger partial charge in [0.1, 0.15) is 0 Å². The predicted octanol–water partition coefficient (Wildman–Crippen LogP) is 9.42. The summed E-state index contributed by atoms with van der Waals surface area (Å²) in [4.78, 5) is 24.5. The first-order valence-corrected chi connectivity index (χ1v) is 22.0. The number of hydrogen-bond acceptors (Lipinski definition) is 7. The molecule has 0 radical (unpaired) electrons. The van der Waals surface area contributed by atoms with Gasteiger partial charge >= 0.3 is 15.2 Å². The van der Waals surface area contributed by atoms with Gasteiger partial charge in [-0.05, 0) is 36.8 Å². The van der Waals surface area contributed by atoms with E-state index in [4.69, 9.17) is 13.4 Å². The molecular weight excluding hydrogens is 682 g/mol. The van der Waals surface area contributed by atoms with E-state index in [1.54, 1.807) is 13.8 Å². The number of hydrogen-bond donors (Lipinski definition) is 0. The minimum absolute atomic E-state index is 0.00551. The van der Waals surface area contributed by atoms with Gasteiger partial charge in [-0.25, -0.2) is 4.31 Å². The van der Waals surface area contributed by atoms with Crippen molar-refractivity contribution in [1.82, 2.24) is 0 Å². The van der Waals surface area contributed by atoms with Gasteiger partial charge in [-0.2, -0.15) is 9.13 Å². The van der Waals surface area contributed by atoms with Crippen LogP contribution in [0.1, 0.15) is 130 Å². The van der Waals surface area contributed by atoms with E-state index in [-0.39, 0.29) is 46.4 Å². The SMILES string of the molecule is CC(=O)c1ccc[n+](C2(C)C[C@](C)(COP(C)(=O)OP(C)(=O)OC[C@@]3(C)CC(C)([n+]4cccc(C(C)=O)c4)C(C)(C)C3(C)C)C(C)(C)C2(C)C)c1. The summed E-state index contributed by atoms with van der Waals surface area (Å²) in [6, 6.07) is 7.47. The molecule has 9 nitrogen and oxygen atoms in total. The molecule has 2 aromatic rings. The van der Waals surface area contributed by atoms with E-state index in [1.165, 1.54) is 13.3 Å². The number of carbonyl (C=O) groups is 2. The zero-order chi connectivity index (χ0) is 39.1. The van der Waals surface area contributed by atoms with Crippen LogP contribution in [0.5, 0.6) is 0 Å². The van der Waals surface area contributed by atoms with E-state index in [9.17, 15) is 18.7 Å². The van der Waals surface area contributed by atoms with Crippen LogP contribution in [0.25, 0.3) is 0 Å². The molecule has 51 heavy (non-hydrogen) atoms. The summed E-state index contributed by atoms with van der Waals surface area (Å²) in [5.74, 6) is 0.0110. The highest BCUT2D eigenvalue weighted by Crippen LogP contribution is 2.71. The molecule has 2 aliphatic carbocycles. The van der Waals surface area contributed by atoms with Gasteiger partial charge < -0.3 is 9.05 Å². The van der Waals surface area contributed by atoms with Gasteiger partial charge in [-0.1, -0.05) is 69.2 Å². The van der Waals surface area contributed by atoms with Crippen LogP contribution < -0.4 is 9.13 Å². The quantitative estimate of drug-likeness (QED) is 0.121. The van der Waals surface area contributed by atoms with Crippen molar-refractivity contribution in [3.63, 3.8) is 0 Å². The lowest BCUT2D eigenvalue weighted by Crippen LogP contribution is -2.61. The smallest absolute Gasteiger partial charge is 0.308 e. The van der Waals surface area contributed by atoms with Gasteiger partial charge in [0.2, 0.25) is 0 Å². The van der Waals surface area contributed by atoms with E-state index in [2.05, 4.69) is 92.2 Å². The Bertz CT molecular complexity index is 1690. The van der Waals surface area contributed by atoms with Gasteiger partial charge in [-0.3, -0.25) is 18.7 Å². The average molecular weight is 747 g/mol. The van der Waals surface area contributed by atoms with Crippen molar-refractivity contribution in [3.05, 3.63) is 60.2 Å². The number of carbonyl (C=O) groups excluding carboxylic acids is 2. The maximum atomic E-state index is 14.0. The molecule has 0 aliphatic heterocycles. The number of rotatable bonds is 12. The summed E-state index contributed by atoms with van der Waals surface area (Å²) in [5.41, 5.74) is -1.64. The van der Waals surface area contributed by atoms with Gasteiger partial charge in [0.15, 0.2) is 47.4 Å². The second-order valence-corrected chi connectivity index (χ2v) is 23.1. The summed E-state index contributed by atoms with van der Waals surface area (Å²) < 4.78 is 50.3. The molecule has 4 unspecified atom stereocenters. The molecule has 6 atom stereocenters. The molecular formula is C40H64N2O7P2+2. The first-order valence-electron chi connectivity index (χ1n) is 18.1. The molecule has 0 saturated heterocycles. The zero-order valence-corrected chi connectivity index (χ0v) is 35.9. The van der Waals surface area contributed by atoms with E-state index in [0.717, 1.165) is 0 Å². The lowest BCUT2D eigenvalue weighted by molar-refractivity contribution is -0.775. The highest BCUT2D eigenvalue weighted by Gasteiger charge is 2.72. The Morgan fingerprint density at radius 1 is 0.608 bits per heavy atom. The Labute approximate surface area is 307 Å². The zero-order valence-electron chi connectivity index (χ0n) is 34.1. The highest BCUT2D eigenvalue weighted by molar-refractivity contribution is 7.66. The van der Waals surface area contributed by atoms with Crippen LogP contribution in [0.3, 0.4) is 0 Å². The maximum absolute atomic E-state index is 14.0. The predicted molar refractivity (Wildman–Crippen MR) is 201 cm³/mol. The van der Waals surface area contributed by atoms with Crippen LogP contribution in [0.15, 0.2) is 49.1 Å². The van der Waals surface area contributed by atoms with Gasteiger partial charge in [-0.15, -0.1) is 0 Å². The second kappa shape index (κ2) is 12.8. The van der Waals surface area contributed by atoms with E-state index in [0.29, 0.717) is 24.0 Å². The molecule has 284 valence electrons. The summed E-state index contributed by atoms with van der Waals surface area (Å²) in [6.45, 7) is 32.6. The molecule has 2 saturated carbocycles. The fraction of sp³-hybridized carbons (Fsp3) is 0.700. The Balaban J connectivity index is 1.52. The van der Waals surface area contributed by atoms with Crippen molar-refractivity contribution in [1.29, 1.82) is 0 Å². The summed E-state index contributed by atoms with van der Waals surface area (Å²) in [6.07, 6.45) is 9.22. The van der Waals surface area contributed by atoms with E-state index in [1.807, 2.05) is 49.1 Å². The molecule has 0 amide bonds. The Hall–Kier alpha value is -2.02. The molecule has 0 bridgehead atoms. The lowest BCUT2D eigenvalue weighted by atomic mass is 9.58. The number of nitrogens with zero attached hydrogens (tertiary/aromatic N) is 2. The molecule has 2 fully saturated rings. The van der Waals surface area contributed by atoms with Crippen molar-refractivity contribution in [2.75, 3.05) is 26.5 Å². The first kappa shape index (κ1) is 41.7. The molecule has 0 aromatic carbocycles. The Morgan fingerprint density at radius 2 is 0.922 bits per heavy atom. The van der Waals surface area contributed by atoms with E-state index < -0.39 is 37.1 Å². The fourth-order valence-electron chi connectivity index (χ4n) is 9.37. The molecule has 0 spiro atoms. The van der Waals surface area contributed by atoms with Crippen LogP contribution in [0.4, 0.5) is 0 Å². The summed E-state index contributed by atoms with van der Waals surface area (Å²) in [5, 5.41) is 0. The average Bonchev–Trinajstić information content (AvgIpc) is 3.19. The molecule has 0 N–H and O–H groups in total. The van der Waals surface area contributed by atoms with Crippen molar-refractivity contribution >= 4 is 26.8 Å². The third-order valence-electron chi connectivity index (χ3n) is 15.4. The Morgan fingerprint density at radius 3 is 1.22 bits per heavy atom. The maximum Gasteiger partial charge on any atom is 0.334 e. The lowest BCUT2D eigenvalue weighted by Gasteiger charge is -2.46. The van der Waals surface area contributed by atoms with Gasteiger partial charge in [0.05, 0.1) is 24.3 Å². The molecule has 2 aromatic heterocycles. The molecule has 11 heteroatoms. The normalized spacial score (nSPS) is 32.9. The Kier molecular flexibility index (Phi) is 10.5. The third-order valence-corrected chi connectivity index (χ3v) is 19.0. The summed E-state index contributed by atoms with van der Waals surface area (Å²) >= 11 is 0. The van der Waals surface area contributed by atoms with Gasteiger partial charge in [0, 0.05) is 73.8 Å². The molecule has 4 rings (SSSR count). The standard InChI is InChI=1S/C40H64N2O7P2/c1-29(43)31-19-17-21-41(23-31)39(13)25-37(11,33(3,4)35(39,7)8)27-47-50(15,45)49-51(16,46)48-28-38(12)26-40(14,36(9,10)34(38,5)6)42-22-18-20-32(24-42)30(2)44/h17-24H,25-28H2,1-16H3/q+2/t37-,38-,39?,40?,50?,51?/m1/s1. The minimum Gasteiger partial charge on any atom is -0.308 e. The fourth-order valence-corrected chi connectivity index (χ4v) is 12.9. The van der Waals surface area contributed by atoms with E-state index >= 15 is 0 Å². The minimum atomic E-state index is -3.85. The summed E-state index contributed by atoms with van der Waals surface area (Å²) in [7, 11) is -7.69. The van der Waals surface area contributed by atoms with Crippen LogP contribution in [0.2, 0.25) is 0 Å². The number of aromatic nitrogens is 2. The van der Waals surface area contributed by atoms with Crippen LogP contribution in [-0.2, 0) is 33.6 Å². The second-order valence-electron chi connectivity index (χ2n) is 18.8. The highest BCUT2D eigenvalue weighted by atomic mass is 31.3. The van der Waals surface area contributed by atoms with Crippen molar-refractivity contribution in [3.8, 4) is 0 Å². The first-order chi connectivity index (χ1) is 22.9. The molecule has 2 heterocycles. The molecule has 2 aliphatic rings. The number of ketones is 2. The van der Waals surface area contributed by atoms with Crippen molar-refractivity contribution in [2.45, 2.75) is 121 Å². The monoisotopic (exact) mass is 746 g/mol.